The quantitative estimate of drug-likeness (QED) is 0.147. The Labute approximate surface area is 350 Å². The Bertz CT molecular complexity index is 3230. The van der Waals surface area contributed by atoms with E-state index in [2.05, 4.69) is 236 Å². The molecule has 1 nitrogen and oxygen atoms in total. The Morgan fingerprint density at radius 1 is 0.217 bits per heavy atom. The van der Waals surface area contributed by atoms with E-state index in [4.69, 9.17) is 0 Å². The summed E-state index contributed by atoms with van der Waals surface area (Å²) in [6.45, 7) is 0. The lowest BCUT2D eigenvalue weighted by atomic mass is 9.83. The fraction of sp³-hybridized carbons (Fsp3) is 0. The standard InChI is InChI=1S/C59H39N/c1-4-18-40(19-5-1)54-38-47(39-55(41-20-6-2-7-21-41)57(54)42-22-8-3-9-23-42)43-24-16-26-45(36-43)58-50-29-10-12-31-52(50)59(53-32-13-11-30-51(53)58)46-27-17-25-44(37-46)48-34-35-60-56-33-15-14-28-49(48)56/h1-39H. The molecule has 0 bridgehead atoms. The average molecular weight is 762 g/mol. The average Bonchev–Trinajstić information content (AvgIpc) is 3.33. The lowest BCUT2D eigenvalue weighted by Gasteiger charge is -2.20. The van der Waals surface area contributed by atoms with Crippen molar-refractivity contribution in [2.24, 2.45) is 0 Å². The lowest BCUT2D eigenvalue weighted by Crippen LogP contribution is -1.94. The molecular formula is C59H39N. The highest BCUT2D eigenvalue weighted by Crippen LogP contribution is 2.47. The topological polar surface area (TPSA) is 12.9 Å². The first-order chi connectivity index (χ1) is 29.8. The van der Waals surface area contributed by atoms with E-state index in [0.717, 1.165) is 10.9 Å². The molecule has 0 saturated heterocycles. The van der Waals surface area contributed by atoms with E-state index < -0.39 is 0 Å². The zero-order chi connectivity index (χ0) is 39.8. The van der Waals surface area contributed by atoms with Gasteiger partial charge in [0, 0.05) is 11.6 Å². The molecule has 0 N–H and O–H groups in total. The monoisotopic (exact) mass is 761 g/mol. The van der Waals surface area contributed by atoms with E-state index in [1.165, 1.54) is 99.4 Å². The maximum absolute atomic E-state index is 4.65. The molecule has 0 fully saturated rings. The van der Waals surface area contributed by atoms with Gasteiger partial charge in [-0.1, -0.05) is 194 Å². The molecular weight excluding hydrogens is 723 g/mol. The minimum absolute atomic E-state index is 1.00. The van der Waals surface area contributed by atoms with Gasteiger partial charge in [0.25, 0.3) is 0 Å². The van der Waals surface area contributed by atoms with Crippen LogP contribution in [0.3, 0.4) is 0 Å². The van der Waals surface area contributed by atoms with Crippen molar-refractivity contribution in [3.8, 4) is 77.9 Å². The molecule has 10 aromatic carbocycles. The highest BCUT2D eigenvalue weighted by molar-refractivity contribution is 6.21. The van der Waals surface area contributed by atoms with Crippen LogP contribution in [0.15, 0.2) is 237 Å². The normalized spacial score (nSPS) is 11.3. The number of rotatable bonds is 7. The first-order valence-corrected chi connectivity index (χ1v) is 20.6. The molecule has 1 heterocycles. The Balaban J connectivity index is 1.12. The molecule has 1 heteroatoms. The van der Waals surface area contributed by atoms with Gasteiger partial charge in [0.15, 0.2) is 0 Å². The third kappa shape index (κ3) is 6.25. The van der Waals surface area contributed by atoms with E-state index in [9.17, 15) is 0 Å². The molecule has 0 atom stereocenters. The Morgan fingerprint density at radius 3 is 1.15 bits per heavy atom. The Morgan fingerprint density at radius 2 is 0.617 bits per heavy atom. The van der Waals surface area contributed by atoms with E-state index in [1.807, 2.05) is 6.20 Å². The molecule has 1 aromatic heterocycles. The molecule has 280 valence electrons. The van der Waals surface area contributed by atoms with Crippen molar-refractivity contribution in [3.63, 3.8) is 0 Å². The second-order valence-corrected chi connectivity index (χ2v) is 15.4. The van der Waals surface area contributed by atoms with Gasteiger partial charge in [-0.05, 0) is 136 Å². The first kappa shape index (κ1) is 35.3. The summed E-state index contributed by atoms with van der Waals surface area (Å²) in [7, 11) is 0. The lowest BCUT2D eigenvalue weighted by molar-refractivity contribution is 1.41. The second kappa shape index (κ2) is 15.1. The smallest absolute Gasteiger partial charge is 0.0708 e. The minimum atomic E-state index is 1.00. The Kier molecular flexibility index (Phi) is 8.91. The summed E-state index contributed by atoms with van der Waals surface area (Å²) in [5.74, 6) is 0. The number of benzene rings is 10. The predicted octanol–water partition coefficient (Wildman–Crippen LogP) is 16.2. The van der Waals surface area contributed by atoms with Crippen LogP contribution in [0.25, 0.3) is 110 Å². The molecule has 11 aromatic rings. The summed E-state index contributed by atoms with van der Waals surface area (Å²) in [6.07, 6.45) is 1.92. The van der Waals surface area contributed by atoms with Crippen molar-refractivity contribution in [2.45, 2.75) is 0 Å². The molecule has 0 aliphatic carbocycles. The summed E-state index contributed by atoms with van der Waals surface area (Å²) in [5, 5.41) is 6.09. The molecule has 60 heavy (non-hydrogen) atoms. The SMILES string of the molecule is c1ccc(-c2cc(-c3cccc(-c4c5ccccc5c(-c5cccc(-c6ccnc7ccccc67)c5)c5ccccc45)c3)cc(-c3ccccc3)c2-c2ccccc2)cc1. The van der Waals surface area contributed by atoms with Crippen molar-refractivity contribution < 1.29 is 0 Å². The summed E-state index contributed by atoms with van der Waals surface area (Å²) in [4.78, 5) is 4.65. The van der Waals surface area contributed by atoms with Gasteiger partial charge in [0.1, 0.15) is 0 Å². The largest absolute Gasteiger partial charge is 0.256 e. The summed E-state index contributed by atoms with van der Waals surface area (Å²) >= 11 is 0. The summed E-state index contributed by atoms with van der Waals surface area (Å²) < 4.78 is 0. The second-order valence-electron chi connectivity index (χ2n) is 15.4. The molecule has 0 radical (unpaired) electrons. The summed E-state index contributed by atoms with van der Waals surface area (Å²) in [5.41, 5.74) is 17.9. The van der Waals surface area contributed by atoms with Crippen LogP contribution >= 0.6 is 0 Å². The van der Waals surface area contributed by atoms with Crippen molar-refractivity contribution >= 4 is 32.4 Å². The molecule has 0 amide bonds. The summed E-state index contributed by atoms with van der Waals surface area (Å²) in [6, 6.07) is 83.8. The van der Waals surface area contributed by atoms with Crippen LogP contribution in [-0.4, -0.2) is 4.98 Å². The van der Waals surface area contributed by atoms with Crippen molar-refractivity contribution in [1.29, 1.82) is 0 Å². The predicted molar refractivity (Wildman–Crippen MR) is 255 cm³/mol. The van der Waals surface area contributed by atoms with Crippen LogP contribution in [0.1, 0.15) is 0 Å². The van der Waals surface area contributed by atoms with Gasteiger partial charge in [0.05, 0.1) is 5.52 Å². The highest BCUT2D eigenvalue weighted by atomic mass is 14.6. The first-order valence-electron chi connectivity index (χ1n) is 20.6. The van der Waals surface area contributed by atoms with Crippen molar-refractivity contribution in [3.05, 3.63) is 237 Å². The molecule has 11 rings (SSSR count). The van der Waals surface area contributed by atoms with Gasteiger partial charge in [-0.3, -0.25) is 4.98 Å². The van der Waals surface area contributed by atoms with E-state index in [1.54, 1.807) is 0 Å². The zero-order valence-electron chi connectivity index (χ0n) is 33.0. The molecule has 0 aliphatic heterocycles. The zero-order valence-corrected chi connectivity index (χ0v) is 33.0. The maximum atomic E-state index is 4.65. The number of fused-ring (bicyclic) bond motifs is 3. The van der Waals surface area contributed by atoms with Gasteiger partial charge in [-0.25, -0.2) is 0 Å². The fourth-order valence-corrected chi connectivity index (χ4v) is 9.21. The number of aromatic nitrogens is 1. The molecule has 0 aliphatic rings. The maximum Gasteiger partial charge on any atom is 0.0708 e. The third-order valence-electron chi connectivity index (χ3n) is 11.9. The van der Waals surface area contributed by atoms with Crippen LogP contribution in [0.5, 0.6) is 0 Å². The number of hydrogen-bond donors (Lipinski definition) is 0. The molecule has 0 saturated carbocycles. The number of nitrogens with zero attached hydrogens (tertiary/aromatic N) is 1. The van der Waals surface area contributed by atoms with Crippen molar-refractivity contribution in [2.75, 3.05) is 0 Å². The number of para-hydroxylation sites is 1. The number of hydrogen-bond acceptors (Lipinski definition) is 1. The van der Waals surface area contributed by atoms with E-state index in [-0.39, 0.29) is 0 Å². The van der Waals surface area contributed by atoms with E-state index in [0.29, 0.717) is 0 Å². The highest BCUT2D eigenvalue weighted by Gasteiger charge is 2.20. The van der Waals surface area contributed by atoms with Crippen LogP contribution in [0.4, 0.5) is 0 Å². The van der Waals surface area contributed by atoms with Crippen LogP contribution in [-0.2, 0) is 0 Å². The van der Waals surface area contributed by atoms with Crippen LogP contribution in [0, 0.1) is 0 Å². The Hall–Kier alpha value is -7.87. The van der Waals surface area contributed by atoms with E-state index >= 15 is 0 Å². The minimum Gasteiger partial charge on any atom is -0.256 e. The van der Waals surface area contributed by atoms with Gasteiger partial charge in [-0.15, -0.1) is 0 Å². The van der Waals surface area contributed by atoms with Gasteiger partial charge in [0.2, 0.25) is 0 Å². The van der Waals surface area contributed by atoms with Gasteiger partial charge in [-0.2, -0.15) is 0 Å². The fourth-order valence-electron chi connectivity index (χ4n) is 9.21. The molecule has 0 spiro atoms. The van der Waals surface area contributed by atoms with Crippen molar-refractivity contribution in [1.82, 2.24) is 4.98 Å². The van der Waals surface area contributed by atoms with Crippen LogP contribution in [0.2, 0.25) is 0 Å². The van der Waals surface area contributed by atoms with Gasteiger partial charge >= 0.3 is 0 Å². The van der Waals surface area contributed by atoms with Crippen LogP contribution < -0.4 is 0 Å². The van der Waals surface area contributed by atoms with Gasteiger partial charge < -0.3 is 0 Å². The third-order valence-corrected chi connectivity index (χ3v) is 11.9. The number of pyridine rings is 1. The molecule has 0 unspecified atom stereocenters.